The molecule has 0 aromatic carbocycles. The molecule has 2 rings (SSSR count). The van der Waals surface area contributed by atoms with Crippen LogP contribution < -0.4 is 0 Å². The Morgan fingerprint density at radius 1 is 1.22 bits per heavy atom. The predicted octanol–water partition coefficient (Wildman–Crippen LogP) is 3.98. The molecule has 2 nitrogen and oxygen atoms in total. The molecule has 0 fully saturated rings. The Kier molecular flexibility index (Phi) is 4.07. The quantitative estimate of drug-likeness (QED) is 0.699. The molecule has 0 N–H and O–H groups in total. The predicted molar refractivity (Wildman–Crippen MR) is 73.8 cm³/mol. The number of allylic oxidation sites excluding steroid dienone is 2. The highest BCUT2D eigenvalue weighted by Crippen LogP contribution is 2.24. The number of rotatable bonds is 1. The first-order chi connectivity index (χ1) is 8.60. The lowest BCUT2D eigenvalue weighted by atomic mass is 9.97. The molecule has 1 aliphatic rings. The van der Waals surface area contributed by atoms with E-state index in [0.717, 1.165) is 25.0 Å². The molecule has 0 radical (unpaired) electrons. The molecule has 1 aromatic heterocycles. The van der Waals surface area contributed by atoms with Gasteiger partial charge in [0, 0.05) is 19.1 Å². The van der Waals surface area contributed by atoms with Crippen LogP contribution in [0.2, 0.25) is 0 Å². The van der Waals surface area contributed by atoms with Crippen LogP contribution in [0.15, 0.2) is 34.0 Å². The fraction of sp³-hybridized carbons (Fsp3) is 0.500. The fourth-order valence-electron chi connectivity index (χ4n) is 2.46. The van der Waals surface area contributed by atoms with E-state index in [1.165, 1.54) is 22.3 Å². The average molecular weight is 246 g/mol. The maximum atomic E-state index is 5.68. The summed E-state index contributed by atoms with van der Waals surface area (Å²) in [7, 11) is 1.77. The Bertz CT molecular complexity index is 477. The van der Waals surface area contributed by atoms with Crippen molar-refractivity contribution in [3.8, 4) is 0 Å². The zero-order valence-corrected chi connectivity index (χ0v) is 11.7. The molecular formula is C16H22O2. The lowest BCUT2D eigenvalue weighted by molar-refractivity contribution is 0.140. The maximum Gasteiger partial charge on any atom is 0.111 e. The number of hydrogen-bond donors (Lipinski definition) is 0. The smallest absolute Gasteiger partial charge is 0.111 e. The molecule has 2 heteroatoms. The standard InChI is InChI=1S/C16H22O2/c1-11-5-6-15-13(3)10-18-16(15)9-12(2)8-14(7-11)17-4/h5,8,10,14H,6-7,9H2,1-4H3/b11-5+,12-8+. The maximum absolute atomic E-state index is 5.68. The molecule has 1 aliphatic carbocycles. The largest absolute Gasteiger partial charge is 0.468 e. The molecule has 18 heavy (non-hydrogen) atoms. The van der Waals surface area contributed by atoms with Crippen molar-refractivity contribution in [1.29, 1.82) is 0 Å². The van der Waals surface area contributed by atoms with E-state index in [-0.39, 0.29) is 6.10 Å². The van der Waals surface area contributed by atoms with Crippen LogP contribution in [0.1, 0.15) is 37.2 Å². The van der Waals surface area contributed by atoms with Gasteiger partial charge < -0.3 is 9.15 Å². The Morgan fingerprint density at radius 3 is 2.72 bits per heavy atom. The first-order valence-corrected chi connectivity index (χ1v) is 6.51. The zero-order valence-electron chi connectivity index (χ0n) is 11.7. The minimum atomic E-state index is 0.179. The van der Waals surface area contributed by atoms with Crippen LogP contribution in [0, 0.1) is 6.92 Å². The van der Waals surface area contributed by atoms with E-state index in [1.54, 1.807) is 7.11 Å². The van der Waals surface area contributed by atoms with Crippen molar-refractivity contribution in [3.05, 3.63) is 46.4 Å². The first-order valence-electron chi connectivity index (χ1n) is 6.51. The number of furan rings is 1. The molecule has 0 bridgehead atoms. The van der Waals surface area contributed by atoms with Crippen molar-refractivity contribution in [3.63, 3.8) is 0 Å². The highest BCUT2D eigenvalue weighted by Gasteiger charge is 2.14. The van der Waals surface area contributed by atoms with Crippen molar-refractivity contribution >= 4 is 0 Å². The van der Waals surface area contributed by atoms with Gasteiger partial charge in [-0.1, -0.05) is 23.3 Å². The van der Waals surface area contributed by atoms with E-state index in [4.69, 9.17) is 9.15 Å². The van der Waals surface area contributed by atoms with E-state index in [9.17, 15) is 0 Å². The Morgan fingerprint density at radius 2 is 2.00 bits per heavy atom. The molecule has 0 amide bonds. The Balaban J connectivity index is 2.37. The molecule has 1 unspecified atom stereocenters. The van der Waals surface area contributed by atoms with Gasteiger partial charge in [0.2, 0.25) is 0 Å². The zero-order chi connectivity index (χ0) is 13.1. The fourth-order valence-corrected chi connectivity index (χ4v) is 2.46. The SMILES string of the molecule is COC1/C=C(\C)Cc2occ(C)c2C/C=C(\C)C1. The molecule has 1 atom stereocenters. The van der Waals surface area contributed by atoms with Gasteiger partial charge in [-0.05, 0) is 39.2 Å². The Hall–Kier alpha value is -1.28. The van der Waals surface area contributed by atoms with Crippen molar-refractivity contribution < 1.29 is 9.15 Å². The van der Waals surface area contributed by atoms with E-state index >= 15 is 0 Å². The minimum Gasteiger partial charge on any atom is -0.468 e. The summed E-state index contributed by atoms with van der Waals surface area (Å²) in [5, 5.41) is 0. The Labute approximate surface area is 109 Å². The molecule has 1 aromatic rings. The van der Waals surface area contributed by atoms with Crippen LogP contribution >= 0.6 is 0 Å². The monoisotopic (exact) mass is 246 g/mol. The van der Waals surface area contributed by atoms with Gasteiger partial charge in [0.05, 0.1) is 12.4 Å². The van der Waals surface area contributed by atoms with Gasteiger partial charge in [-0.25, -0.2) is 0 Å². The van der Waals surface area contributed by atoms with Crippen molar-refractivity contribution in [2.75, 3.05) is 7.11 Å². The summed E-state index contributed by atoms with van der Waals surface area (Å²) < 4.78 is 11.2. The third-order valence-electron chi connectivity index (χ3n) is 3.58. The van der Waals surface area contributed by atoms with Gasteiger partial charge in [-0.15, -0.1) is 0 Å². The lowest BCUT2D eigenvalue weighted by Crippen LogP contribution is -2.10. The minimum absolute atomic E-state index is 0.179. The summed E-state index contributed by atoms with van der Waals surface area (Å²) in [5.41, 5.74) is 5.29. The van der Waals surface area contributed by atoms with E-state index in [2.05, 4.69) is 32.9 Å². The summed E-state index contributed by atoms with van der Waals surface area (Å²) in [6.07, 6.45) is 9.38. The van der Waals surface area contributed by atoms with Crippen LogP contribution in [-0.2, 0) is 17.6 Å². The van der Waals surface area contributed by atoms with Gasteiger partial charge in [0.15, 0.2) is 0 Å². The van der Waals surface area contributed by atoms with Gasteiger partial charge in [-0.2, -0.15) is 0 Å². The van der Waals surface area contributed by atoms with Gasteiger partial charge >= 0.3 is 0 Å². The van der Waals surface area contributed by atoms with Crippen molar-refractivity contribution in [1.82, 2.24) is 0 Å². The van der Waals surface area contributed by atoms with Crippen LogP contribution in [0.25, 0.3) is 0 Å². The topological polar surface area (TPSA) is 22.4 Å². The normalized spacial score (nSPS) is 26.8. The molecule has 1 heterocycles. The van der Waals surface area contributed by atoms with Gasteiger partial charge in [0.1, 0.15) is 5.76 Å². The molecule has 98 valence electrons. The lowest BCUT2D eigenvalue weighted by Gasteiger charge is -2.15. The molecular weight excluding hydrogens is 224 g/mol. The molecule has 0 aliphatic heterocycles. The van der Waals surface area contributed by atoms with Crippen LogP contribution in [0.3, 0.4) is 0 Å². The third-order valence-corrected chi connectivity index (χ3v) is 3.58. The highest BCUT2D eigenvalue weighted by molar-refractivity contribution is 5.33. The summed E-state index contributed by atoms with van der Waals surface area (Å²) in [5.74, 6) is 1.10. The molecule has 0 saturated carbocycles. The second-order valence-electron chi connectivity index (χ2n) is 5.24. The van der Waals surface area contributed by atoms with E-state index in [0.29, 0.717) is 0 Å². The van der Waals surface area contributed by atoms with Crippen LogP contribution in [0.4, 0.5) is 0 Å². The second-order valence-corrected chi connectivity index (χ2v) is 5.24. The summed E-state index contributed by atoms with van der Waals surface area (Å²) in [6.45, 7) is 6.44. The summed E-state index contributed by atoms with van der Waals surface area (Å²) in [6, 6.07) is 0. The van der Waals surface area contributed by atoms with Crippen LogP contribution in [0.5, 0.6) is 0 Å². The number of methoxy groups -OCH3 is 1. The number of hydrogen-bond acceptors (Lipinski definition) is 2. The van der Waals surface area contributed by atoms with Gasteiger partial charge in [-0.3, -0.25) is 0 Å². The van der Waals surface area contributed by atoms with E-state index in [1.807, 2.05) is 6.26 Å². The highest BCUT2D eigenvalue weighted by atomic mass is 16.5. The van der Waals surface area contributed by atoms with Crippen molar-refractivity contribution in [2.24, 2.45) is 0 Å². The molecule has 0 saturated heterocycles. The third kappa shape index (κ3) is 2.94. The number of fused-ring (bicyclic) bond motifs is 1. The van der Waals surface area contributed by atoms with Gasteiger partial charge in [0.25, 0.3) is 0 Å². The first kappa shape index (κ1) is 13.2. The summed E-state index contributed by atoms with van der Waals surface area (Å²) in [4.78, 5) is 0. The second kappa shape index (κ2) is 5.57. The average Bonchev–Trinajstić information content (AvgIpc) is 2.66. The van der Waals surface area contributed by atoms with Crippen LogP contribution in [-0.4, -0.2) is 13.2 Å². The molecule has 0 spiro atoms. The van der Waals surface area contributed by atoms with Crippen molar-refractivity contribution in [2.45, 2.75) is 46.1 Å². The number of aryl methyl sites for hydroxylation is 1. The summed E-state index contributed by atoms with van der Waals surface area (Å²) >= 11 is 0. The number of ether oxygens (including phenoxy) is 1. The van der Waals surface area contributed by atoms with E-state index < -0.39 is 0 Å².